The number of hydrogen-bond donors (Lipinski definition) is 3. The van der Waals surface area contributed by atoms with Gasteiger partial charge in [0.1, 0.15) is 6.10 Å². The first-order valence-corrected chi connectivity index (χ1v) is 9.25. The van der Waals surface area contributed by atoms with E-state index in [1.165, 1.54) is 10.1 Å². The third kappa shape index (κ3) is 7.47. The highest BCUT2D eigenvalue weighted by molar-refractivity contribution is 14.0. The highest BCUT2D eigenvalue weighted by atomic mass is 127. The monoisotopic (exact) mass is 477 g/mol. The molecule has 25 heavy (non-hydrogen) atoms. The number of thiophene rings is 1. The van der Waals surface area contributed by atoms with Crippen molar-refractivity contribution in [2.24, 2.45) is 4.99 Å². The highest BCUT2D eigenvalue weighted by Gasteiger charge is 2.12. The summed E-state index contributed by atoms with van der Waals surface area (Å²) in [4.78, 5) is 5.12. The van der Waals surface area contributed by atoms with Crippen LogP contribution in [0.15, 0.2) is 35.3 Å². The van der Waals surface area contributed by atoms with Gasteiger partial charge in [-0.25, -0.2) is 0 Å². The van der Waals surface area contributed by atoms with Crippen LogP contribution < -0.4 is 10.6 Å². The molecule has 2 aromatic rings. The van der Waals surface area contributed by atoms with Gasteiger partial charge in [-0.3, -0.25) is 4.99 Å². The normalized spacial score (nSPS) is 12.7. The van der Waals surface area contributed by atoms with Gasteiger partial charge in [-0.1, -0.05) is 31.5 Å². The van der Waals surface area contributed by atoms with Gasteiger partial charge in [-0.15, -0.1) is 35.3 Å². The van der Waals surface area contributed by atoms with Crippen molar-refractivity contribution >= 4 is 51.4 Å². The number of fused-ring (bicyclic) bond motifs is 1. The molecule has 0 bridgehead atoms. The van der Waals surface area contributed by atoms with E-state index >= 15 is 0 Å². The molecule has 0 aliphatic heterocycles. The van der Waals surface area contributed by atoms with E-state index in [-0.39, 0.29) is 24.0 Å². The third-order valence-electron chi connectivity index (χ3n) is 3.64. The fourth-order valence-electron chi connectivity index (χ4n) is 2.27. The zero-order chi connectivity index (χ0) is 17.2. The summed E-state index contributed by atoms with van der Waals surface area (Å²) >= 11 is 1.62. The van der Waals surface area contributed by atoms with Gasteiger partial charge in [0.15, 0.2) is 5.96 Å². The molecule has 1 atom stereocenters. The molecule has 140 valence electrons. The van der Waals surface area contributed by atoms with E-state index in [0.717, 1.165) is 24.3 Å². The SMILES string of the molecule is CCCCOCCNC(=NC)NCC(O)c1cc2ccccc2s1.I. The maximum Gasteiger partial charge on any atom is 0.191 e. The van der Waals surface area contributed by atoms with E-state index in [9.17, 15) is 5.11 Å². The molecular formula is C18H28IN3O2S. The van der Waals surface area contributed by atoms with Crippen molar-refractivity contribution < 1.29 is 9.84 Å². The van der Waals surface area contributed by atoms with Gasteiger partial charge >= 0.3 is 0 Å². The van der Waals surface area contributed by atoms with Crippen LogP contribution >= 0.6 is 35.3 Å². The molecule has 1 aromatic heterocycles. The predicted octanol–water partition coefficient (Wildman–Crippen LogP) is 3.53. The largest absolute Gasteiger partial charge is 0.386 e. The average Bonchev–Trinajstić information content (AvgIpc) is 3.04. The lowest BCUT2D eigenvalue weighted by molar-refractivity contribution is 0.135. The number of nitrogens with one attached hydrogen (secondary N) is 2. The molecule has 0 saturated carbocycles. The molecule has 0 aliphatic rings. The summed E-state index contributed by atoms with van der Waals surface area (Å²) in [5.74, 6) is 0.675. The van der Waals surface area contributed by atoms with Crippen LogP contribution in [0.3, 0.4) is 0 Å². The number of rotatable bonds is 9. The minimum atomic E-state index is -0.554. The summed E-state index contributed by atoms with van der Waals surface area (Å²) < 4.78 is 6.70. The van der Waals surface area contributed by atoms with Gasteiger partial charge in [0.25, 0.3) is 0 Å². The molecule has 1 unspecified atom stereocenters. The first-order valence-electron chi connectivity index (χ1n) is 8.43. The lowest BCUT2D eigenvalue weighted by atomic mass is 10.2. The van der Waals surface area contributed by atoms with E-state index in [1.54, 1.807) is 18.4 Å². The number of aliphatic hydroxyl groups excluding tert-OH is 1. The third-order valence-corrected chi connectivity index (χ3v) is 4.86. The van der Waals surface area contributed by atoms with E-state index < -0.39 is 6.10 Å². The summed E-state index contributed by atoms with van der Waals surface area (Å²) in [6.07, 6.45) is 1.68. The van der Waals surface area contributed by atoms with Gasteiger partial charge in [-0.05, 0) is 23.9 Å². The quantitative estimate of drug-likeness (QED) is 0.224. The molecule has 0 saturated heterocycles. The Morgan fingerprint density at radius 3 is 2.80 bits per heavy atom. The van der Waals surface area contributed by atoms with Crippen LogP contribution in [0.5, 0.6) is 0 Å². The summed E-state index contributed by atoms with van der Waals surface area (Å²) in [7, 11) is 1.72. The van der Waals surface area contributed by atoms with Crippen molar-refractivity contribution in [3.8, 4) is 0 Å². The number of guanidine groups is 1. The standard InChI is InChI=1S/C18H27N3O2S.HI/c1-3-4-10-23-11-9-20-18(19-2)21-13-15(22)17-12-14-7-5-6-8-16(14)24-17;/h5-8,12,15,22H,3-4,9-11,13H2,1-2H3,(H2,19,20,21);1H. The molecule has 0 radical (unpaired) electrons. The molecule has 5 nitrogen and oxygen atoms in total. The highest BCUT2D eigenvalue weighted by Crippen LogP contribution is 2.29. The Bertz CT molecular complexity index is 615. The maximum absolute atomic E-state index is 10.4. The molecular weight excluding hydrogens is 449 g/mol. The van der Waals surface area contributed by atoms with Gasteiger partial charge in [0.05, 0.1) is 6.61 Å². The fraction of sp³-hybridized carbons (Fsp3) is 0.500. The summed E-state index contributed by atoms with van der Waals surface area (Å²) in [6.45, 7) is 4.72. The van der Waals surface area contributed by atoms with Gasteiger partial charge < -0.3 is 20.5 Å². The van der Waals surface area contributed by atoms with Crippen molar-refractivity contribution in [3.05, 3.63) is 35.2 Å². The topological polar surface area (TPSA) is 65.9 Å². The van der Waals surface area contributed by atoms with E-state index in [0.29, 0.717) is 25.7 Å². The number of benzene rings is 1. The molecule has 1 heterocycles. The number of ether oxygens (including phenoxy) is 1. The molecule has 7 heteroatoms. The second kappa shape index (κ2) is 12.5. The fourth-order valence-corrected chi connectivity index (χ4v) is 3.32. The second-order valence-electron chi connectivity index (χ2n) is 5.55. The van der Waals surface area contributed by atoms with E-state index in [2.05, 4.69) is 34.7 Å². The van der Waals surface area contributed by atoms with Crippen LogP contribution in [0.4, 0.5) is 0 Å². The van der Waals surface area contributed by atoms with Gasteiger partial charge in [0.2, 0.25) is 0 Å². The van der Waals surface area contributed by atoms with Crippen LogP contribution in [0.25, 0.3) is 10.1 Å². The van der Waals surface area contributed by atoms with Crippen molar-refractivity contribution in [2.75, 3.05) is 33.4 Å². The van der Waals surface area contributed by atoms with Gasteiger partial charge in [0, 0.05) is 36.3 Å². The molecule has 0 spiro atoms. The number of aliphatic hydroxyl groups is 1. The Morgan fingerprint density at radius 1 is 1.28 bits per heavy atom. The van der Waals surface area contributed by atoms with Crippen LogP contribution in [-0.2, 0) is 4.74 Å². The Morgan fingerprint density at radius 2 is 2.08 bits per heavy atom. The number of aliphatic imine (C=N–C) groups is 1. The van der Waals surface area contributed by atoms with Crippen LogP contribution in [0.1, 0.15) is 30.7 Å². The minimum absolute atomic E-state index is 0. The maximum atomic E-state index is 10.4. The molecule has 1 aromatic carbocycles. The summed E-state index contributed by atoms with van der Waals surface area (Å²) in [5.41, 5.74) is 0. The average molecular weight is 477 g/mol. The molecule has 2 rings (SSSR count). The second-order valence-corrected chi connectivity index (χ2v) is 6.66. The van der Waals surface area contributed by atoms with Crippen molar-refractivity contribution in [1.82, 2.24) is 10.6 Å². The Kier molecular flexibility index (Phi) is 11.0. The van der Waals surface area contributed by atoms with Crippen molar-refractivity contribution in [1.29, 1.82) is 0 Å². The molecule has 0 fully saturated rings. The smallest absolute Gasteiger partial charge is 0.191 e. The molecule has 0 aliphatic carbocycles. The lowest BCUT2D eigenvalue weighted by Crippen LogP contribution is -2.40. The van der Waals surface area contributed by atoms with Crippen molar-refractivity contribution in [2.45, 2.75) is 25.9 Å². The zero-order valence-electron chi connectivity index (χ0n) is 14.8. The first-order chi connectivity index (χ1) is 11.7. The molecule has 0 amide bonds. The number of nitrogens with zero attached hydrogens (tertiary/aromatic N) is 1. The number of unbranched alkanes of at least 4 members (excludes halogenated alkanes) is 1. The predicted molar refractivity (Wildman–Crippen MR) is 117 cm³/mol. The van der Waals surface area contributed by atoms with E-state index in [4.69, 9.17) is 4.74 Å². The van der Waals surface area contributed by atoms with Crippen LogP contribution in [-0.4, -0.2) is 44.4 Å². The van der Waals surface area contributed by atoms with E-state index in [1.807, 2.05) is 18.2 Å². The Balaban J connectivity index is 0.00000312. The number of halogens is 1. The Labute approximate surface area is 170 Å². The van der Waals surface area contributed by atoms with Crippen LogP contribution in [0.2, 0.25) is 0 Å². The molecule has 3 N–H and O–H groups in total. The van der Waals surface area contributed by atoms with Crippen LogP contribution in [0, 0.1) is 0 Å². The Hall–Kier alpha value is -0.900. The van der Waals surface area contributed by atoms with Crippen molar-refractivity contribution in [3.63, 3.8) is 0 Å². The summed E-state index contributed by atoms with van der Waals surface area (Å²) in [5, 5.41) is 17.9. The van der Waals surface area contributed by atoms with Gasteiger partial charge in [-0.2, -0.15) is 0 Å². The summed E-state index contributed by atoms with van der Waals surface area (Å²) in [6, 6.07) is 10.2. The minimum Gasteiger partial charge on any atom is -0.386 e. The first kappa shape index (κ1) is 22.1. The number of hydrogen-bond acceptors (Lipinski definition) is 4. The zero-order valence-corrected chi connectivity index (χ0v) is 18.0. The lowest BCUT2D eigenvalue weighted by Gasteiger charge is -2.14.